The van der Waals surface area contributed by atoms with Crippen LogP contribution < -0.4 is 10.2 Å². The van der Waals surface area contributed by atoms with E-state index in [0.717, 1.165) is 31.4 Å². The van der Waals surface area contributed by atoms with Crippen LogP contribution >= 0.6 is 34.5 Å². The van der Waals surface area contributed by atoms with Crippen LogP contribution in [0.4, 0.5) is 10.8 Å². The van der Waals surface area contributed by atoms with Crippen LogP contribution in [0.5, 0.6) is 0 Å². The molecule has 1 N–H and O–H groups in total. The summed E-state index contributed by atoms with van der Waals surface area (Å²) in [6.07, 6.45) is 4.39. The molecular weight excluding hydrogens is 443 g/mol. The second-order valence-electron chi connectivity index (χ2n) is 7.73. The summed E-state index contributed by atoms with van der Waals surface area (Å²) in [6.45, 7) is 2.64. The van der Waals surface area contributed by atoms with Crippen molar-refractivity contribution >= 4 is 57.2 Å². The number of anilines is 2. The molecule has 2 fully saturated rings. The van der Waals surface area contributed by atoms with E-state index in [9.17, 15) is 9.59 Å². The average molecular weight is 467 g/mol. The molecule has 0 radical (unpaired) electrons. The van der Waals surface area contributed by atoms with Crippen molar-refractivity contribution in [3.63, 3.8) is 0 Å². The summed E-state index contributed by atoms with van der Waals surface area (Å²) in [6, 6.07) is 5.60. The van der Waals surface area contributed by atoms with Crippen molar-refractivity contribution in [3.8, 4) is 0 Å². The van der Waals surface area contributed by atoms with Gasteiger partial charge in [-0.3, -0.25) is 9.59 Å². The molecule has 6 nitrogen and oxygen atoms in total. The third-order valence-electron chi connectivity index (χ3n) is 5.74. The van der Waals surface area contributed by atoms with Crippen LogP contribution in [-0.2, 0) is 16.0 Å². The van der Waals surface area contributed by atoms with Gasteiger partial charge in [0, 0.05) is 37.5 Å². The Morgan fingerprint density at radius 3 is 2.60 bits per heavy atom. The van der Waals surface area contributed by atoms with E-state index in [1.165, 1.54) is 11.3 Å². The van der Waals surface area contributed by atoms with Crippen molar-refractivity contribution in [3.05, 3.63) is 39.3 Å². The van der Waals surface area contributed by atoms with E-state index in [-0.39, 0.29) is 24.2 Å². The van der Waals surface area contributed by atoms with Crippen LogP contribution in [0.3, 0.4) is 0 Å². The number of aromatic nitrogens is 1. The first-order valence-electron chi connectivity index (χ1n) is 10.2. The average Bonchev–Trinajstić information content (AvgIpc) is 3.43. The van der Waals surface area contributed by atoms with Gasteiger partial charge >= 0.3 is 0 Å². The number of hydrogen-bond acceptors (Lipinski definition) is 5. The van der Waals surface area contributed by atoms with Crippen LogP contribution in [0, 0.1) is 5.92 Å². The minimum Gasteiger partial charge on any atom is -0.367 e. The van der Waals surface area contributed by atoms with E-state index in [2.05, 4.69) is 15.2 Å². The number of amides is 2. The Labute approximate surface area is 190 Å². The van der Waals surface area contributed by atoms with E-state index >= 15 is 0 Å². The fraction of sp³-hybridized carbons (Fsp3) is 0.476. The minimum atomic E-state index is 0.0470. The maximum atomic E-state index is 12.7. The number of halogens is 2. The minimum absolute atomic E-state index is 0.0470. The molecule has 1 aromatic carbocycles. The van der Waals surface area contributed by atoms with Gasteiger partial charge in [-0.1, -0.05) is 42.1 Å². The van der Waals surface area contributed by atoms with Gasteiger partial charge in [0.2, 0.25) is 11.8 Å². The monoisotopic (exact) mass is 466 g/mol. The molecule has 2 aliphatic rings. The molecule has 1 aliphatic carbocycles. The van der Waals surface area contributed by atoms with Crippen molar-refractivity contribution in [2.45, 2.75) is 32.1 Å². The summed E-state index contributed by atoms with van der Waals surface area (Å²) in [5, 5.41) is 6.42. The highest BCUT2D eigenvalue weighted by Crippen LogP contribution is 2.33. The molecule has 4 rings (SSSR count). The molecule has 1 saturated heterocycles. The maximum absolute atomic E-state index is 12.7. The highest BCUT2D eigenvalue weighted by molar-refractivity contribution is 7.13. The van der Waals surface area contributed by atoms with Crippen molar-refractivity contribution < 1.29 is 9.59 Å². The maximum Gasteiger partial charge on any atom is 0.229 e. The Bertz CT molecular complexity index is 921. The van der Waals surface area contributed by atoms with Gasteiger partial charge in [0.05, 0.1) is 27.8 Å². The third kappa shape index (κ3) is 4.90. The SMILES string of the molecule is O=C(Nc1nc(CC(=O)N2CCN(c3cccc(Cl)c3Cl)CC2)cs1)C1CCCC1. The van der Waals surface area contributed by atoms with Gasteiger partial charge in [0.25, 0.3) is 0 Å². The Morgan fingerprint density at radius 1 is 1.13 bits per heavy atom. The molecule has 1 aliphatic heterocycles. The quantitative estimate of drug-likeness (QED) is 0.705. The Morgan fingerprint density at radius 2 is 1.87 bits per heavy atom. The molecule has 2 amide bonds. The molecule has 0 spiro atoms. The normalized spacial score (nSPS) is 17.4. The van der Waals surface area contributed by atoms with Crippen LogP contribution in [0.25, 0.3) is 0 Å². The van der Waals surface area contributed by atoms with E-state index in [1.807, 2.05) is 22.4 Å². The molecule has 2 aromatic rings. The van der Waals surface area contributed by atoms with E-state index < -0.39 is 0 Å². The van der Waals surface area contributed by atoms with E-state index in [0.29, 0.717) is 47.0 Å². The van der Waals surface area contributed by atoms with Crippen LogP contribution in [0.2, 0.25) is 10.0 Å². The summed E-state index contributed by atoms with van der Waals surface area (Å²) in [4.78, 5) is 33.4. The van der Waals surface area contributed by atoms with Gasteiger partial charge in [-0.2, -0.15) is 0 Å². The highest BCUT2D eigenvalue weighted by Gasteiger charge is 2.25. The summed E-state index contributed by atoms with van der Waals surface area (Å²) in [5.41, 5.74) is 1.60. The summed E-state index contributed by atoms with van der Waals surface area (Å²) >= 11 is 13.8. The predicted molar refractivity (Wildman–Crippen MR) is 122 cm³/mol. The molecule has 2 heterocycles. The van der Waals surface area contributed by atoms with Crippen LogP contribution in [-0.4, -0.2) is 47.9 Å². The first kappa shape index (κ1) is 21.4. The molecule has 0 unspecified atom stereocenters. The number of nitrogens with zero attached hydrogens (tertiary/aromatic N) is 3. The van der Waals surface area contributed by atoms with Crippen LogP contribution in [0.1, 0.15) is 31.4 Å². The first-order chi connectivity index (χ1) is 14.5. The van der Waals surface area contributed by atoms with Gasteiger partial charge in [-0.05, 0) is 25.0 Å². The van der Waals surface area contributed by atoms with Gasteiger partial charge in [0.1, 0.15) is 0 Å². The summed E-state index contributed by atoms with van der Waals surface area (Å²) < 4.78 is 0. The number of carbonyl (C=O) groups is 2. The fourth-order valence-electron chi connectivity index (χ4n) is 4.04. The number of benzene rings is 1. The lowest BCUT2D eigenvalue weighted by molar-refractivity contribution is -0.130. The van der Waals surface area contributed by atoms with Gasteiger partial charge in [-0.15, -0.1) is 11.3 Å². The standard InChI is InChI=1S/C21H24Cl2N4O2S/c22-16-6-3-7-17(19(16)23)26-8-10-27(11-9-26)18(28)12-15-13-30-21(24-15)25-20(29)14-4-1-2-5-14/h3,6-7,13-14H,1-2,4-5,8-12H2,(H,24,25,29). The summed E-state index contributed by atoms with van der Waals surface area (Å²) in [7, 11) is 0. The molecule has 0 atom stereocenters. The zero-order chi connectivity index (χ0) is 21.1. The summed E-state index contributed by atoms with van der Waals surface area (Å²) in [5.74, 6) is 0.199. The topological polar surface area (TPSA) is 65.5 Å². The van der Waals surface area contributed by atoms with Crippen molar-refractivity contribution in [2.75, 3.05) is 36.4 Å². The van der Waals surface area contributed by atoms with Gasteiger partial charge < -0.3 is 15.1 Å². The lowest BCUT2D eigenvalue weighted by Gasteiger charge is -2.36. The Hall–Kier alpha value is -1.83. The van der Waals surface area contributed by atoms with E-state index in [1.54, 1.807) is 6.07 Å². The zero-order valence-corrected chi connectivity index (χ0v) is 18.9. The molecule has 30 heavy (non-hydrogen) atoms. The first-order valence-corrected chi connectivity index (χ1v) is 11.9. The molecule has 0 bridgehead atoms. The highest BCUT2D eigenvalue weighted by atomic mass is 35.5. The molecule has 9 heteroatoms. The smallest absolute Gasteiger partial charge is 0.229 e. The molecule has 160 valence electrons. The Kier molecular flexibility index (Phi) is 6.80. The fourth-order valence-corrected chi connectivity index (χ4v) is 5.17. The van der Waals surface area contributed by atoms with Crippen molar-refractivity contribution in [1.29, 1.82) is 0 Å². The lowest BCUT2D eigenvalue weighted by Crippen LogP contribution is -2.49. The predicted octanol–water partition coefficient (Wildman–Crippen LogP) is 4.47. The van der Waals surface area contributed by atoms with Crippen molar-refractivity contribution in [2.24, 2.45) is 5.92 Å². The van der Waals surface area contributed by atoms with E-state index in [4.69, 9.17) is 23.2 Å². The number of rotatable bonds is 5. The molecule has 1 aromatic heterocycles. The number of nitrogens with one attached hydrogen (secondary N) is 1. The number of thiazole rings is 1. The number of hydrogen-bond donors (Lipinski definition) is 1. The number of piperazine rings is 1. The van der Waals surface area contributed by atoms with Crippen LogP contribution in [0.15, 0.2) is 23.6 Å². The van der Waals surface area contributed by atoms with Gasteiger partial charge in [0.15, 0.2) is 5.13 Å². The second kappa shape index (κ2) is 9.54. The number of carbonyl (C=O) groups excluding carboxylic acids is 2. The van der Waals surface area contributed by atoms with Gasteiger partial charge in [-0.25, -0.2) is 4.98 Å². The lowest BCUT2D eigenvalue weighted by atomic mass is 10.1. The van der Waals surface area contributed by atoms with Crippen molar-refractivity contribution in [1.82, 2.24) is 9.88 Å². The largest absolute Gasteiger partial charge is 0.367 e. The third-order valence-corrected chi connectivity index (χ3v) is 7.36. The Balaban J connectivity index is 1.28. The molecular formula is C21H24Cl2N4O2S. The second-order valence-corrected chi connectivity index (χ2v) is 9.38. The zero-order valence-electron chi connectivity index (χ0n) is 16.6. The molecule has 1 saturated carbocycles.